The summed E-state index contributed by atoms with van der Waals surface area (Å²) < 4.78 is 0. The Balaban J connectivity index is 1.44. The maximum atomic E-state index is 4.92. The van der Waals surface area contributed by atoms with E-state index in [-0.39, 0.29) is 0 Å². The zero-order chi connectivity index (χ0) is 37.6. The number of hydrogen-bond acceptors (Lipinski definition) is 9. The maximum Gasteiger partial charge on any atom is 0.0815 e. The van der Waals surface area contributed by atoms with Gasteiger partial charge in [-0.25, -0.2) is 15.0 Å². The van der Waals surface area contributed by atoms with Gasteiger partial charge in [0.2, 0.25) is 0 Å². The monoisotopic (exact) mass is 711 g/mol. The Kier molecular flexibility index (Phi) is 10.9. The third-order valence-electron chi connectivity index (χ3n) is 10.6. The first-order valence-electron chi connectivity index (χ1n) is 18.4. The zero-order valence-electron chi connectivity index (χ0n) is 31.9. The summed E-state index contributed by atoms with van der Waals surface area (Å²) in [5.41, 5.74) is 18.9. The number of fused-ring (bicyclic) bond motifs is 6. The van der Waals surface area contributed by atoms with Crippen molar-refractivity contribution in [2.45, 2.75) is 80.8 Å². The maximum absolute atomic E-state index is 4.92. The van der Waals surface area contributed by atoms with E-state index < -0.39 is 0 Å². The Morgan fingerprint density at radius 3 is 0.611 bits per heavy atom. The summed E-state index contributed by atoms with van der Waals surface area (Å²) in [6.07, 6.45) is 11.1. The number of nitrogens with zero attached hydrogens (tertiary/aromatic N) is 9. The fraction of sp³-hybridized carbons (Fsp3) is 0.267. The Labute approximate surface area is 317 Å². The average molecular weight is 712 g/mol. The van der Waals surface area contributed by atoms with Gasteiger partial charge < -0.3 is 0 Å². The molecule has 3 aliphatic heterocycles. The van der Waals surface area contributed by atoms with Crippen LogP contribution >= 0.6 is 0 Å². The van der Waals surface area contributed by atoms with Crippen molar-refractivity contribution >= 4 is 37.3 Å². The van der Waals surface area contributed by atoms with E-state index in [4.69, 9.17) is 44.9 Å². The van der Waals surface area contributed by atoms with Crippen LogP contribution < -0.4 is 0 Å². The molecule has 12 bridgehead atoms. The average Bonchev–Trinajstić information content (AvgIpc) is 3.16. The van der Waals surface area contributed by atoms with Gasteiger partial charge in [0, 0.05) is 37.3 Å². The van der Waals surface area contributed by atoms with Gasteiger partial charge in [-0.15, -0.1) is 0 Å². The molecule has 0 atom stereocenters. The van der Waals surface area contributed by atoms with Gasteiger partial charge in [-0.3, -0.25) is 30.0 Å². The SMILES string of the molecule is Cc1c2c(C)c3c(C)c1CN=Cc1cccc(n1)C=NCc1c(C)c(c(C)c(c1C)CN=Cc1cccc(n1)C=NC3)CN=Cc1cccc(n1)C=NC2. The predicted molar refractivity (Wildman–Crippen MR) is 222 cm³/mol. The minimum Gasteiger partial charge on any atom is -0.286 e. The van der Waals surface area contributed by atoms with Crippen LogP contribution in [0.2, 0.25) is 0 Å². The lowest BCUT2D eigenvalue weighted by atomic mass is 9.88. The fourth-order valence-corrected chi connectivity index (χ4v) is 7.42. The summed E-state index contributed by atoms with van der Waals surface area (Å²) in [5, 5.41) is 0. The van der Waals surface area contributed by atoms with Crippen LogP contribution in [0.5, 0.6) is 0 Å². The van der Waals surface area contributed by atoms with Crippen LogP contribution in [0.15, 0.2) is 84.6 Å². The molecular formula is C45H45N9. The lowest BCUT2D eigenvalue weighted by Crippen LogP contribution is -2.08. The highest BCUT2D eigenvalue weighted by molar-refractivity contribution is 5.83. The van der Waals surface area contributed by atoms with Crippen molar-refractivity contribution in [3.8, 4) is 0 Å². The molecule has 270 valence electrons. The number of aromatic nitrogens is 3. The van der Waals surface area contributed by atoms with Crippen molar-refractivity contribution in [1.29, 1.82) is 0 Å². The topological polar surface area (TPSA) is 113 Å². The molecule has 9 nitrogen and oxygen atoms in total. The van der Waals surface area contributed by atoms with Crippen molar-refractivity contribution in [2.75, 3.05) is 0 Å². The summed E-state index contributed by atoms with van der Waals surface area (Å²) in [4.78, 5) is 44.1. The lowest BCUT2D eigenvalue weighted by Gasteiger charge is -2.20. The second kappa shape index (κ2) is 16.3. The smallest absolute Gasteiger partial charge is 0.0815 e. The van der Waals surface area contributed by atoms with Crippen molar-refractivity contribution in [3.05, 3.63) is 156 Å². The highest BCUT2D eigenvalue weighted by Gasteiger charge is 2.18. The summed E-state index contributed by atoms with van der Waals surface area (Å²) in [7, 11) is 0. The molecule has 8 rings (SSSR count). The van der Waals surface area contributed by atoms with E-state index in [2.05, 4.69) is 41.5 Å². The van der Waals surface area contributed by atoms with Gasteiger partial charge in [-0.2, -0.15) is 0 Å². The van der Waals surface area contributed by atoms with E-state index in [1.807, 2.05) is 91.9 Å². The molecule has 54 heavy (non-hydrogen) atoms. The summed E-state index contributed by atoms with van der Waals surface area (Å²) in [5.74, 6) is 0. The molecule has 0 spiro atoms. The molecule has 0 N–H and O–H groups in total. The molecule has 0 amide bonds. The lowest BCUT2D eigenvalue weighted by molar-refractivity contribution is 0.923. The van der Waals surface area contributed by atoms with Gasteiger partial charge in [-0.1, -0.05) is 18.2 Å². The van der Waals surface area contributed by atoms with Crippen LogP contribution in [0.4, 0.5) is 0 Å². The van der Waals surface area contributed by atoms with Crippen molar-refractivity contribution in [3.63, 3.8) is 0 Å². The fourth-order valence-electron chi connectivity index (χ4n) is 7.42. The molecule has 6 heterocycles. The minimum atomic E-state index is 0.508. The third kappa shape index (κ3) is 7.95. The molecule has 2 aromatic carbocycles. The molecule has 3 aromatic heterocycles. The van der Waals surface area contributed by atoms with Crippen molar-refractivity contribution in [1.82, 2.24) is 15.0 Å². The molecule has 0 saturated carbocycles. The standard InChI is InChI=1S/C45H45N9/c1-28-40-22-46-16-34-10-7-12-37(52-34)19-49-25-43-31(4)44-26-50-20-38-13-8-11-35(53-38)17-47-23-41(28)30(3)42(29(40)2)24-48-18-36-14-9-15-39(54-36)21-51-27-45(32(43)5)33(44)6/h7-21H,22-27H2,1-6H3. The van der Waals surface area contributed by atoms with Gasteiger partial charge in [-0.05, 0) is 145 Å². The second-order valence-electron chi connectivity index (χ2n) is 13.9. The van der Waals surface area contributed by atoms with Crippen LogP contribution in [0.3, 0.4) is 0 Å². The van der Waals surface area contributed by atoms with Crippen LogP contribution in [-0.4, -0.2) is 52.2 Å². The predicted octanol–water partition coefficient (Wildman–Crippen LogP) is 8.06. The Morgan fingerprint density at radius 1 is 0.278 bits per heavy atom. The summed E-state index contributed by atoms with van der Waals surface area (Å²) in [6.45, 7) is 16.1. The van der Waals surface area contributed by atoms with Crippen LogP contribution in [0.1, 0.15) is 101 Å². The first-order valence-corrected chi connectivity index (χ1v) is 18.4. The quantitative estimate of drug-likeness (QED) is 0.162. The molecule has 0 aliphatic carbocycles. The summed E-state index contributed by atoms with van der Waals surface area (Å²) >= 11 is 0. The first-order chi connectivity index (χ1) is 26.3. The number of benzene rings is 2. The number of pyridine rings is 3. The Hall–Kier alpha value is -6.09. The summed E-state index contributed by atoms with van der Waals surface area (Å²) in [6, 6.07) is 17.9. The van der Waals surface area contributed by atoms with Crippen LogP contribution in [0, 0.1) is 41.5 Å². The molecule has 0 unspecified atom stereocenters. The Bertz CT molecular complexity index is 1950. The van der Waals surface area contributed by atoms with E-state index in [0.717, 1.165) is 34.2 Å². The van der Waals surface area contributed by atoms with Gasteiger partial charge >= 0.3 is 0 Å². The van der Waals surface area contributed by atoms with Crippen LogP contribution in [-0.2, 0) is 39.3 Å². The number of hydrogen-bond donors (Lipinski definition) is 0. The van der Waals surface area contributed by atoms with E-state index in [0.29, 0.717) is 39.3 Å². The van der Waals surface area contributed by atoms with Gasteiger partial charge in [0.1, 0.15) is 0 Å². The van der Waals surface area contributed by atoms with Crippen molar-refractivity contribution < 1.29 is 0 Å². The van der Waals surface area contributed by atoms with E-state index >= 15 is 0 Å². The number of rotatable bonds is 0. The molecule has 9 heteroatoms. The van der Waals surface area contributed by atoms with Gasteiger partial charge in [0.15, 0.2) is 0 Å². The van der Waals surface area contributed by atoms with E-state index in [9.17, 15) is 0 Å². The molecule has 3 aliphatic rings. The molecule has 5 aromatic rings. The molecule has 0 fully saturated rings. The minimum absolute atomic E-state index is 0.508. The van der Waals surface area contributed by atoms with Gasteiger partial charge in [0.05, 0.1) is 73.4 Å². The second-order valence-corrected chi connectivity index (χ2v) is 13.9. The van der Waals surface area contributed by atoms with Crippen molar-refractivity contribution in [2.24, 2.45) is 30.0 Å². The normalized spacial score (nSPS) is 14.3. The first kappa shape index (κ1) is 36.3. The zero-order valence-corrected chi connectivity index (χ0v) is 31.9. The number of aliphatic imine (C=N–C) groups is 6. The highest BCUT2D eigenvalue weighted by atomic mass is 14.8. The highest BCUT2D eigenvalue weighted by Crippen LogP contribution is 2.31. The molecule has 0 radical (unpaired) electrons. The third-order valence-corrected chi connectivity index (χ3v) is 10.6. The molecular weight excluding hydrogens is 667 g/mol. The Morgan fingerprint density at radius 2 is 0.444 bits per heavy atom. The van der Waals surface area contributed by atoms with Gasteiger partial charge in [0.25, 0.3) is 0 Å². The largest absolute Gasteiger partial charge is 0.286 e. The van der Waals surface area contributed by atoms with Crippen LogP contribution in [0.25, 0.3) is 0 Å². The van der Waals surface area contributed by atoms with E-state index in [1.165, 1.54) is 66.8 Å². The molecule has 0 saturated heterocycles. The van der Waals surface area contributed by atoms with E-state index in [1.54, 1.807) is 0 Å².